The van der Waals surface area contributed by atoms with Crippen LogP contribution in [0, 0.1) is 0 Å². The Morgan fingerprint density at radius 3 is 2.59 bits per heavy atom. The number of hydrogen-bond donors (Lipinski definition) is 0. The lowest BCUT2D eigenvalue weighted by molar-refractivity contribution is -0.154. The molecule has 2 rings (SSSR count). The second kappa shape index (κ2) is 4.53. The van der Waals surface area contributed by atoms with E-state index in [9.17, 15) is 14.4 Å². The molecule has 94 valence electrons. The minimum Gasteiger partial charge on any atom is -0.331 e. The Labute approximate surface area is 108 Å². The van der Waals surface area contributed by atoms with Gasteiger partial charge in [0.1, 0.15) is 12.1 Å². The number of imide groups is 1. The third kappa shape index (κ3) is 1.85. The molecule has 0 radical (unpaired) electrons. The van der Waals surface area contributed by atoms with Crippen molar-refractivity contribution in [2.45, 2.75) is 24.3 Å². The largest absolute Gasteiger partial charge is 0.331 e. The number of carbonyl (C=O) groups excluding carboxylic acids is 3. The first-order chi connectivity index (χ1) is 7.99. The number of rotatable bonds is 2. The summed E-state index contributed by atoms with van der Waals surface area (Å²) < 4.78 is 0. The Balaban J connectivity index is 2.34. The third-order valence-corrected chi connectivity index (χ3v) is 5.16. The molecule has 2 heterocycles. The van der Waals surface area contributed by atoms with Gasteiger partial charge in [-0.3, -0.25) is 19.3 Å². The highest BCUT2D eigenvalue weighted by Crippen LogP contribution is 2.32. The van der Waals surface area contributed by atoms with Crippen LogP contribution in [0.5, 0.6) is 0 Å². The van der Waals surface area contributed by atoms with E-state index in [-0.39, 0.29) is 22.3 Å². The molecule has 3 atom stereocenters. The van der Waals surface area contributed by atoms with Gasteiger partial charge in [0.05, 0.1) is 0 Å². The smallest absolute Gasteiger partial charge is 0.289 e. The van der Waals surface area contributed by atoms with Gasteiger partial charge >= 0.3 is 0 Å². The van der Waals surface area contributed by atoms with Crippen molar-refractivity contribution in [1.82, 2.24) is 9.80 Å². The van der Waals surface area contributed by atoms with Crippen molar-refractivity contribution in [2.75, 3.05) is 19.1 Å². The number of carbonyl (C=O) groups is 3. The van der Waals surface area contributed by atoms with Gasteiger partial charge in [-0.2, -0.15) is 11.8 Å². The van der Waals surface area contributed by atoms with Crippen LogP contribution >= 0.6 is 23.5 Å². The van der Waals surface area contributed by atoms with Crippen LogP contribution in [0.3, 0.4) is 0 Å². The van der Waals surface area contributed by atoms with E-state index in [1.807, 2.05) is 13.2 Å². The number of nitrogens with zero attached hydrogens (tertiary/aromatic N) is 2. The lowest BCUT2D eigenvalue weighted by Gasteiger charge is -2.40. The van der Waals surface area contributed by atoms with E-state index in [1.54, 1.807) is 7.05 Å². The van der Waals surface area contributed by atoms with Crippen molar-refractivity contribution in [1.29, 1.82) is 0 Å². The maximum absolute atomic E-state index is 12.3. The molecule has 3 unspecified atom stereocenters. The fourth-order valence-corrected chi connectivity index (χ4v) is 3.68. The topological polar surface area (TPSA) is 57.7 Å². The zero-order valence-electron chi connectivity index (χ0n) is 9.87. The summed E-state index contributed by atoms with van der Waals surface area (Å²) >= 11 is 2.56. The highest BCUT2D eigenvalue weighted by atomic mass is 32.2. The minimum absolute atomic E-state index is 0.0178. The fourth-order valence-electron chi connectivity index (χ4n) is 2.17. The first kappa shape index (κ1) is 12.8. The maximum Gasteiger partial charge on any atom is 0.289 e. The molecule has 2 fully saturated rings. The van der Waals surface area contributed by atoms with Gasteiger partial charge in [-0.05, 0) is 6.26 Å². The molecule has 0 N–H and O–H groups in total. The molecule has 2 saturated heterocycles. The Bertz CT molecular complexity index is 388. The number of hydrogen-bond acceptors (Lipinski definition) is 5. The molecule has 0 saturated carbocycles. The lowest BCUT2D eigenvalue weighted by atomic mass is 10.0. The monoisotopic (exact) mass is 274 g/mol. The Morgan fingerprint density at radius 1 is 1.35 bits per heavy atom. The molecule has 2 aliphatic heterocycles. The highest BCUT2D eigenvalue weighted by molar-refractivity contribution is 8.14. The number of thioether (sulfide) groups is 2. The summed E-state index contributed by atoms with van der Waals surface area (Å²) in [5.74, 6) is 0.0106. The van der Waals surface area contributed by atoms with Crippen LogP contribution in [-0.2, 0) is 9.59 Å². The van der Waals surface area contributed by atoms with E-state index in [4.69, 9.17) is 0 Å². The number of fused-ring (bicyclic) bond motifs is 1. The molecule has 17 heavy (non-hydrogen) atoms. The SMILES string of the molecule is CSC(C)C1C(=O)N2C(=O)SCC2C(=O)N1C. The first-order valence-electron chi connectivity index (χ1n) is 5.28. The van der Waals surface area contributed by atoms with Crippen molar-refractivity contribution < 1.29 is 14.4 Å². The molecule has 0 aromatic rings. The number of piperazine rings is 1. The summed E-state index contributed by atoms with van der Waals surface area (Å²) in [4.78, 5) is 38.6. The van der Waals surface area contributed by atoms with E-state index < -0.39 is 12.1 Å². The van der Waals surface area contributed by atoms with Gasteiger partial charge in [0, 0.05) is 18.1 Å². The molecule has 0 bridgehead atoms. The van der Waals surface area contributed by atoms with Crippen LogP contribution in [0.1, 0.15) is 6.92 Å². The molecule has 2 aliphatic rings. The van der Waals surface area contributed by atoms with Crippen molar-refractivity contribution in [2.24, 2.45) is 0 Å². The summed E-state index contributed by atoms with van der Waals surface area (Å²) in [7, 11) is 1.64. The van der Waals surface area contributed by atoms with Crippen LogP contribution in [0.4, 0.5) is 4.79 Å². The van der Waals surface area contributed by atoms with Crippen molar-refractivity contribution in [3.05, 3.63) is 0 Å². The summed E-state index contributed by atoms with van der Waals surface area (Å²) in [5, 5.41) is -0.310. The zero-order chi connectivity index (χ0) is 12.7. The molecule has 0 aromatic heterocycles. The van der Waals surface area contributed by atoms with Gasteiger partial charge in [0.25, 0.3) is 11.1 Å². The van der Waals surface area contributed by atoms with Gasteiger partial charge in [0.15, 0.2) is 0 Å². The third-order valence-electron chi connectivity index (χ3n) is 3.23. The molecule has 7 heteroatoms. The van der Waals surface area contributed by atoms with E-state index in [2.05, 4.69) is 0 Å². The van der Waals surface area contributed by atoms with Gasteiger partial charge in [-0.25, -0.2) is 0 Å². The van der Waals surface area contributed by atoms with Gasteiger partial charge in [-0.1, -0.05) is 18.7 Å². The summed E-state index contributed by atoms with van der Waals surface area (Å²) in [6.45, 7) is 1.89. The van der Waals surface area contributed by atoms with Gasteiger partial charge < -0.3 is 4.90 Å². The Morgan fingerprint density at radius 2 is 2.00 bits per heavy atom. The standard InChI is InChI=1S/C10H14N2O3S2/c1-5(16-3)7-9(14)12-6(4-17-10(12)15)8(13)11(7)2/h5-7H,4H2,1-3H3. The number of likely N-dealkylation sites (N-methyl/N-ethyl adjacent to an activating group) is 1. The molecule has 0 spiro atoms. The Hall–Kier alpha value is -0.690. The molecule has 5 nitrogen and oxygen atoms in total. The van der Waals surface area contributed by atoms with Crippen LogP contribution in [0.2, 0.25) is 0 Å². The van der Waals surface area contributed by atoms with E-state index >= 15 is 0 Å². The van der Waals surface area contributed by atoms with Crippen LogP contribution in [0.25, 0.3) is 0 Å². The van der Waals surface area contributed by atoms with Gasteiger partial charge in [0.2, 0.25) is 5.91 Å². The lowest BCUT2D eigenvalue weighted by Crippen LogP contribution is -2.65. The normalized spacial score (nSPS) is 30.9. The summed E-state index contributed by atoms with van der Waals surface area (Å²) in [6, 6.07) is -1.12. The zero-order valence-corrected chi connectivity index (χ0v) is 11.5. The average molecular weight is 274 g/mol. The second-order valence-corrected chi connectivity index (χ2v) is 6.32. The van der Waals surface area contributed by atoms with Crippen molar-refractivity contribution >= 4 is 40.6 Å². The van der Waals surface area contributed by atoms with E-state index in [0.29, 0.717) is 5.75 Å². The van der Waals surface area contributed by atoms with Gasteiger partial charge in [-0.15, -0.1) is 0 Å². The first-order valence-corrected chi connectivity index (χ1v) is 7.55. The van der Waals surface area contributed by atoms with Crippen molar-refractivity contribution in [3.8, 4) is 0 Å². The van der Waals surface area contributed by atoms with Crippen LogP contribution in [0.15, 0.2) is 0 Å². The maximum atomic E-state index is 12.3. The molecular formula is C10H14N2O3S2. The predicted octanol–water partition coefficient (Wildman–Crippen LogP) is 0.643. The van der Waals surface area contributed by atoms with E-state index in [1.165, 1.54) is 16.7 Å². The number of amides is 3. The van der Waals surface area contributed by atoms with Crippen LogP contribution in [-0.4, -0.2) is 63.2 Å². The summed E-state index contributed by atoms with van der Waals surface area (Å²) in [5.41, 5.74) is 0. The fraction of sp³-hybridized carbons (Fsp3) is 0.700. The average Bonchev–Trinajstić information content (AvgIpc) is 2.68. The molecule has 0 aliphatic carbocycles. The molecule has 3 amide bonds. The van der Waals surface area contributed by atoms with E-state index in [0.717, 1.165) is 16.7 Å². The van der Waals surface area contributed by atoms with Crippen molar-refractivity contribution in [3.63, 3.8) is 0 Å². The second-order valence-electron chi connectivity index (χ2n) is 4.14. The predicted molar refractivity (Wildman–Crippen MR) is 68.0 cm³/mol. The minimum atomic E-state index is -0.588. The summed E-state index contributed by atoms with van der Waals surface area (Å²) in [6.07, 6.45) is 1.89. The Kier molecular flexibility index (Phi) is 3.40. The molecule has 0 aromatic carbocycles. The quantitative estimate of drug-likeness (QED) is 0.740. The molecular weight excluding hydrogens is 260 g/mol. The van der Waals surface area contributed by atoms with Crippen LogP contribution < -0.4 is 0 Å². The highest BCUT2D eigenvalue weighted by Gasteiger charge is 2.52.